The molecule has 2 N–H and O–H groups in total. The third-order valence-corrected chi connectivity index (χ3v) is 4.48. The maximum atomic E-state index is 12.3. The lowest BCUT2D eigenvalue weighted by molar-refractivity contribution is -0.136. The van der Waals surface area contributed by atoms with E-state index in [9.17, 15) is 4.79 Å². The molecule has 2 rings (SSSR count). The van der Waals surface area contributed by atoms with Gasteiger partial charge in [-0.05, 0) is 37.5 Å². The predicted octanol–water partition coefficient (Wildman–Crippen LogP) is 1.28. The molecule has 4 nitrogen and oxygen atoms in total. The Morgan fingerprint density at radius 3 is 2.61 bits per heavy atom. The molecule has 2 saturated carbocycles. The molecule has 4 unspecified atom stereocenters. The van der Waals surface area contributed by atoms with Crippen LogP contribution in [0.25, 0.3) is 0 Å². The maximum Gasteiger partial charge on any atom is 0.227 e. The van der Waals surface area contributed by atoms with E-state index in [0.29, 0.717) is 18.4 Å². The number of methoxy groups -OCH3 is 1. The van der Waals surface area contributed by atoms with E-state index in [2.05, 4.69) is 0 Å². The number of halogens is 1. The van der Waals surface area contributed by atoms with Gasteiger partial charge in [0.1, 0.15) is 0 Å². The van der Waals surface area contributed by atoms with Gasteiger partial charge < -0.3 is 15.4 Å². The Bertz CT molecular complexity index is 286. The van der Waals surface area contributed by atoms with E-state index in [1.54, 1.807) is 7.11 Å². The summed E-state index contributed by atoms with van der Waals surface area (Å²) in [4.78, 5) is 14.2. The fourth-order valence-electron chi connectivity index (χ4n) is 3.51. The minimum absolute atomic E-state index is 0. The van der Waals surface area contributed by atoms with Gasteiger partial charge in [-0.15, -0.1) is 12.4 Å². The van der Waals surface area contributed by atoms with E-state index in [1.165, 1.54) is 19.3 Å². The van der Waals surface area contributed by atoms with Gasteiger partial charge in [-0.2, -0.15) is 0 Å². The van der Waals surface area contributed by atoms with E-state index in [1.807, 2.05) is 11.9 Å². The zero-order chi connectivity index (χ0) is 12.4. The first kappa shape index (κ1) is 15.7. The maximum absolute atomic E-state index is 12.3. The number of hydrogen-bond acceptors (Lipinski definition) is 3. The number of amides is 1. The second kappa shape index (κ2) is 6.73. The van der Waals surface area contributed by atoms with Crippen molar-refractivity contribution >= 4 is 18.3 Å². The van der Waals surface area contributed by atoms with Crippen molar-refractivity contribution in [3.05, 3.63) is 0 Å². The minimum Gasteiger partial charge on any atom is -0.385 e. The molecule has 0 spiro atoms. The number of hydrogen-bond donors (Lipinski definition) is 1. The van der Waals surface area contributed by atoms with Crippen LogP contribution in [0.15, 0.2) is 0 Å². The molecular weight excluding hydrogens is 252 g/mol. The number of nitrogens with two attached hydrogens (primary N) is 1. The van der Waals surface area contributed by atoms with Gasteiger partial charge in [-0.1, -0.05) is 0 Å². The predicted molar refractivity (Wildman–Crippen MR) is 73.7 cm³/mol. The topological polar surface area (TPSA) is 55.6 Å². The van der Waals surface area contributed by atoms with Crippen LogP contribution in [0, 0.1) is 17.8 Å². The summed E-state index contributed by atoms with van der Waals surface area (Å²) in [5, 5.41) is 0. The SMILES string of the molecule is COCCCN(C)C(=O)C1C2CCC(C2)C1N.Cl. The number of rotatable bonds is 5. The van der Waals surface area contributed by atoms with E-state index in [0.717, 1.165) is 13.0 Å². The van der Waals surface area contributed by atoms with Crippen LogP contribution in [0.5, 0.6) is 0 Å². The fourth-order valence-corrected chi connectivity index (χ4v) is 3.51. The Hall–Kier alpha value is -0.320. The molecule has 2 aliphatic carbocycles. The van der Waals surface area contributed by atoms with Crippen LogP contribution in [-0.2, 0) is 9.53 Å². The van der Waals surface area contributed by atoms with Crippen molar-refractivity contribution in [3.63, 3.8) is 0 Å². The lowest BCUT2D eigenvalue weighted by atomic mass is 9.84. The molecule has 4 atom stereocenters. The molecule has 0 aliphatic heterocycles. The fraction of sp³-hybridized carbons (Fsp3) is 0.923. The first-order chi connectivity index (χ1) is 8.15. The van der Waals surface area contributed by atoms with Crippen LogP contribution >= 0.6 is 12.4 Å². The largest absolute Gasteiger partial charge is 0.385 e. The summed E-state index contributed by atoms with van der Waals surface area (Å²) in [6, 6.07) is 0.103. The second-order valence-corrected chi connectivity index (χ2v) is 5.54. The molecule has 18 heavy (non-hydrogen) atoms. The van der Waals surface area contributed by atoms with Crippen LogP contribution in [0.2, 0.25) is 0 Å². The summed E-state index contributed by atoms with van der Waals surface area (Å²) in [5.41, 5.74) is 6.19. The monoisotopic (exact) mass is 276 g/mol. The van der Waals surface area contributed by atoms with Gasteiger partial charge in [-0.3, -0.25) is 4.79 Å². The summed E-state index contributed by atoms with van der Waals surface area (Å²) in [5.74, 6) is 1.48. The van der Waals surface area contributed by atoms with E-state index < -0.39 is 0 Å². The molecule has 0 radical (unpaired) electrons. The highest BCUT2D eigenvalue weighted by Gasteiger charge is 2.49. The van der Waals surface area contributed by atoms with Crippen molar-refractivity contribution < 1.29 is 9.53 Å². The minimum atomic E-state index is 0. The van der Waals surface area contributed by atoms with Crippen LogP contribution in [-0.4, -0.2) is 44.2 Å². The molecule has 0 aromatic heterocycles. The van der Waals surface area contributed by atoms with Crippen molar-refractivity contribution in [3.8, 4) is 0 Å². The number of carbonyl (C=O) groups excluding carboxylic acids is 1. The Balaban J connectivity index is 0.00000162. The zero-order valence-electron chi connectivity index (χ0n) is 11.3. The molecule has 0 saturated heterocycles. The summed E-state index contributed by atoms with van der Waals surface area (Å²) in [7, 11) is 3.57. The van der Waals surface area contributed by atoms with Gasteiger partial charge in [0.05, 0.1) is 5.92 Å². The highest BCUT2D eigenvalue weighted by molar-refractivity contribution is 5.85. The first-order valence-electron chi connectivity index (χ1n) is 6.64. The molecule has 0 aromatic carbocycles. The van der Waals surface area contributed by atoms with Crippen molar-refractivity contribution in [1.82, 2.24) is 4.90 Å². The third kappa shape index (κ3) is 2.98. The molecule has 5 heteroatoms. The van der Waals surface area contributed by atoms with Crippen molar-refractivity contribution in [2.45, 2.75) is 31.7 Å². The van der Waals surface area contributed by atoms with Gasteiger partial charge in [0, 0.05) is 33.4 Å². The van der Waals surface area contributed by atoms with Crippen LogP contribution < -0.4 is 5.73 Å². The summed E-state index contributed by atoms with van der Waals surface area (Å²) in [6.07, 6.45) is 4.49. The molecule has 0 aromatic rings. The highest BCUT2D eigenvalue weighted by Crippen LogP contribution is 2.48. The van der Waals surface area contributed by atoms with Gasteiger partial charge >= 0.3 is 0 Å². The van der Waals surface area contributed by atoms with E-state index >= 15 is 0 Å². The average molecular weight is 277 g/mol. The molecule has 2 fully saturated rings. The molecular formula is C13H25ClN2O2. The highest BCUT2D eigenvalue weighted by atomic mass is 35.5. The number of nitrogens with zero attached hydrogens (tertiary/aromatic N) is 1. The Kier molecular flexibility index (Phi) is 5.89. The lowest BCUT2D eigenvalue weighted by Crippen LogP contribution is -2.46. The Labute approximate surface area is 116 Å². The number of ether oxygens (including phenoxy) is 1. The lowest BCUT2D eigenvalue weighted by Gasteiger charge is -2.30. The first-order valence-corrected chi connectivity index (χ1v) is 6.64. The van der Waals surface area contributed by atoms with Gasteiger partial charge in [-0.25, -0.2) is 0 Å². The van der Waals surface area contributed by atoms with Crippen LogP contribution in [0.4, 0.5) is 0 Å². The van der Waals surface area contributed by atoms with Crippen molar-refractivity contribution in [1.29, 1.82) is 0 Å². The number of carbonyl (C=O) groups is 1. The molecule has 2 aliphatic rings. The number of fused-ring (bicyclic) bond motifs is 2. The van der Waals surface area contributed by atoms with E-state index in [4.69, 9.17) is 10.5 Å². The van der Waals surface area contributed by atoms with Gasteiger partial charge in [0.25, 0.3) is 0 Å². The van der Waals surface area contributed by atoms with E-state index in [-0.39, 0.29) is 30.3 Å². The molecule has 106 valence electrons. The zero-order valence-corrected chi connectivity index (χ0v) is 12.1. The quantitative estimate of drug-likeness (QED) is 0.770. The van der Waals surface area contributed by atoms with Crippen molar-refractivity contribution in [2.24, 2.45) is 23.5 Å². The normalized spacial score (nSPS) is 33.3. The smallest absolute Gasteiger partial charge is 0.227 e. The summed E-state index contributed by atoms with van der Waals surface area (Å²) in [6.45, 7) is 1.48. The van der Waals surface area contributed by atoms with Gasteiger partial charge in [0.15, 0.2) is 0 Å². The molecule has 1 amide bonds. The Morgan fingerprint density at radius 1 is 1.39 bits per heavy atom. The van der Waals surface area contributed by atoms with Crippen LogP contribution in [0.1, 0.15) is 25.7 Å². The summed E-state index contributed by atoms with van der Waals surface area (Å²) < 4.78 is 5.01. The Morgan fingerprint density at radius 2 is 2.06 bits per heavy atom. The molecule has 0 heterocycles. The second-order valence-electron chi connectivity index (χ2n) is 5.54. The van der Waals surface area contributed by atoms with Crippen molar-refractivity contribution in [2.75, 3.05) is 27.3 Å². The standard InChI is InChI=1S/C13H24N2O2.ClH/c1-15(6-3-7-17-2)13(16)11-9-4-5-10(8-9)12(11)14;/h9-12H,3-8,14H2,1-2H3;1H. The third-order valence-electron chi connectivity index (χ3n) is 4.48. The summed E-state index contributed by atoms with van der Waals surface area (Å²) >= 11 is 0. The average Bonchev–Trinajstić information content (AvgIpc) is 2.89. The molecule has 2 bridgehead atoms. The van der Waals surface area contributed by atoms with Crippen LogP contribution in [0.3, 0.4) is 0 Å². The van der Waals surface area contributed by atoms with Gasteiger partial charge in [0.2, 0.25) is 5.91 Å².